The molecule has 0 bridgehead atoms. The second kappa shape index (κ2) is 6.19. The maximum atomic E-state index is 5.75. The van der Waals surface area contributed by atoms with Crippen LogP contribution in [0.3, 0.4) is 0 Å². The van der Waals surface area contributed by atoms with Crippen molar-refractivity contribution in [1.29, 1.82) is 0 Å². The first-order valence-corrected chi connectivity index (χ1v) is 5.97. The quantitative estimate of drug-likeness (QED) is 0.855. The Morgan fingerprint density at radius 3 is 2.84 bits per heavy atom. The molecule has 102 valence electrons. The first kappa shape index (κ1) is 13.4. The van der Waals surface area contributed by atoms with Gasteiger partial charge in [0.15, 0.2) is 23.9 Å². The van der Waals surface area contributed by atoms with Gasteiger partial charge in [-0.15, -0.1) is 0 Å². The van der Waals surface area contributed by atoms with Gasteiger partial charge >= 0.3 is 0 Å². The SMILES string of the molecule is CNCc1cccc(OC)c1OCc1nc(C)no1. The largest absolute Gasteiger partial charge is 0.493 e. The van der Waals surface area contributed by atoms with E-state index < -0.39 is 0 Å². The molecule has 6 nitrogen and oxygen atoms in total. The monoisotopic (exact) mass is 263 g/mol. The van der Waals surface area contributed by atoms with Crippen LogP contribution in [0.25, 0.3) is 0 Å². The third-order valence-electron chi connectivity index (χ3n) is 2.56. The number of benzene rings is 1. The smallest absolute Gasteiger partial charge is 0.264 e. The van der Waals surface area contributed by atoms with E-state index in [1.165, 1.54) is 0 Å². The molecule has 0 spiro atoms. The molecule has 0 saturated carbocycles. The number of nitrogens with one attached hydrogen (secondary N) is 1. The van der Waals surface area contributed by atoms with Crippen molar-refractivity contribution in [3.8, 4) is 11.5 Å². The molecule has 1 aromatic carbocycles. The van der Waals surface area contributed by atoms with E-state index in [0.29, 0.717) is 29.8 Å². The molecular weight excluding hydrogens is 246 g/mol. The number of rotatable bonds is 6. The Balaban J connectivity index is 2.17. The molecule has 1 N–H and O–H groups in total. The van der Waals surface area contributed by atoms with E-state index in [9.17, 15) is 0 Å². The van der Waals surface area contributed by atoms with Crippen LogP contribution in [-0.2, 0) is 13.2 Å². The lowest BCUT2D eigenvalue weighted by Gasteiger charge is -2.13. The van der Waals surface area contributed by atoms with Crippen LogP contribution >= 0.6 is 0 Å². The summed E-state index contributed by atoms with van der Waals surface area (Å²) in [5, 5.41) is 6.81. The lowest BCUT2D eigenvalue weighted by molar-refractivity contribution is 0.231. The molecular formula is C13H17N3O3. The van der Waals surface area contributed by atoms with Crippen LogP contribution in [0.2, 0.25) is 0 Å². The van der Waals surface area contributed by atoms with Crippen molar-refractivity contribution in [3.05, 3.63) is 35.5 Å². The van der Waals surface area contributed by atoms with Crippen molar-refractivity contribution in [2.45, 2.75) is 20.1 Å². The van der Waals surface area contributed by atoms with Gasteiger partial charge in [0.1, 0.15) is 0 Å². The van der Waals surface area contributed by atoms with Gasteiger partial charge in [0.05, 0.1) is 7.11 Å². The Morgan fingerprint density at radius 1 is 1.37 bits per heavy atom. The Bertz CT molecular complexity index is 540. The average molecular weight is 263 g/mol. The molecule has 0 fully saturated rings. The molecule has 0 amide bonds. The van der Waals surface area contributed by atoms with Gasteiger partial charge in [-0.2, -0.15) is 4.98 Å². The fourth-order valence-electron chi connectivity index (χ4n) is 1.75. The van der Waals surface area contributed by atoms with Crippen molar-refractivity contribution in [2.75, 3.05) is 14.2 Å². The summed E-state index contributed by atoms with van der Waals surface area (Å²) in [4.78, 5) is 4.10. The lowest BCUT2D eigenvalue weighted by atomic mass is 10.2. The molecule has 0 aliphatic carbocycles. The normalized spacial score (nSPS) is 10.5. The molecule has 19 heavy (non-hydrogen) atoms. The van der Waals surface area contributed by atoms with Gasteiger partial charge in [-0.05, 0) is 20.0 Å². The highest BCUT2D eigenvalue weighted by molar-refractivity contribution is 5.46. The van der Waals surface area contributed by atoms with Crippen molar-refractivity contribution >= 4 is 0 Å². The zero-order chi connectivity index (χ0) is 13.7. The third-order valence-corrected chi connectivity index (χ3v) is 2.56. The van der Waals surface area contributed by atoms with Gasteiger partial charge in [-0.1, -0.05) is 17.3 Å². The van der Waals surface area contributed by atoms with Crippen LogP contribution in [0.4, 0.5) is 0 Å². The summed E-state index contributed by atoms with van der Waals surface area (Å²) in [6, 6.07) is 5.76. The summed E-state index contributed by atoms with van der Waals surface area (Å²) in [6.45, 7) is 2.68. The number of aryl methyl sites for hydroxylation is 1. The highest BCUT2D eigenvalue weighted by Crippen LogP contribution is 2.31. The zero-order valence-corrected chi connectivity index (χ0v) is 11.3. The summed E-state index contributed by atoms with van der Waals surface area (Å²) >= 11 is 0. The van der Waals surface area contributed by atoms with Crippen LogP contribution in [-0.4, -0.2) is 24.3 Å². The third kappa shape index (κ3) is 3.23. The number of hydrogen-bond donors (Lipinski definition) is 1. The topological polar surface area (TPSA) is 69.4 Å². The summed E-state index contributed by atoms with van der Waals surface area (Å²) < 4.78 is 16.1. The number of methoxy groups -OCH3 is 1. The maximum absolute atomic E-state index is 5.75. The van der Waals surface area contributed by atoms with E-state index in [1.54, 1.807) is 14.0 Å². The molecule has 0 aliphatic heterocycles. The van der Waals surface area contributed by atoms with Gasteiger partial charge in [-0.25, -0.2) is 0 Å². The predicted octanol–water partition coefficient (Wildman–Crippen LogP) is 1.69. The molecule has 0 radical (unpaired) electrons. The van der Waals surface area contributed by atoms with Crippen LogP contribution in [0.5, 0.6) is 11.5 Å². The first-order chi connectivity index (χ1) is 9.24. The maximum Gasteiger partial charge on any atom is 0.264 e. The fraction of sp³-hybridized carbons (Fsp3) is 0.385. The molecule has 0 aliphatic rings. The summed E-state index contributed by atoms with van der Waals surface area (Å²) in [6.07, 6.45) is 0. The van der Waals surface area contributed by atoms with Crippen LogP contribution in [0.15, 0.2) is 22.7 Å². The van der Waals surface area contributed by atoms with Crippen LogP contribution < -0.4 is 14.8 Å². The Kier molecular flexibility index (Phi) is 4.35. The molecule has 1 aromatic heterocycles. The van der Waals surface area contributed by atoms with E-state index in [0.717, 1.165) is 5.56 Å². The average Bonchev–Trinajstić information content (AvgIpc) is 2.83. The van der Waals surface area contributed by atoms with Crippen molar-refractivity contribution in [1.82, 2.24) is 15.5 Å². The molecule has 2 aromatic rings. The second-order valence-electron chi connectivity index (χ2n) is 4.00. The highest BCUT2D eigenvalue weighted by Gasteiger charge is 2.12. The summed E-state index contributed by atoms with van der Waals surface area (Å²) in [5.74, 6) is 2.41. The number of aromatic nitrogens is 2. The van der Waals surface area contributed by atoms with Crippen LogP contribution in [0, 0.1) is 6.92 Å². The summed E-state index contributed by atoms with van der Waals surface area (Å²) in [7, 11) is 3.49. The second-order valence-corrected chi connectivity index (χ2v) is 4.00. The van der Waals surface area contributed by atoms with E-state index in [1.807, 2.05) is 25.2 Å². The van der Waals surface area contributed by atoms with E-state index >= 15 is 0 Å². The van der Waals surface area contributed by atoms with Gasteiger partial charge in [-0.3, -0.25) is 0 Å². The molecule has 0 atom stereocenters. The Hall–Kier alpha value is -2.08. The van der Waals surface area contributed by atoms with E-state index in [-0.39, 0.29) is 6.61 Å². The molecule has 0 unspecified atom stereocenters. The van der Waals surface area contributed by atoms with Gasteiger partial charge in [0, 0.05) is 12.1 Å². The minimum atomic E-state index is 0.220. The first-order valence-electron chi connectivity index (χ1n) is 5.97. The van der Waals surface area contributed by atoms with Crippen molar-refractivity contribution in [2.24, 2.45) is 0 Å². The van der Waals surface area contributed by atoms with Crippen molar-refractivity contribution < 1.29 is 14.0 Å². The number of nitrogens with zero attached hydrogens (tertiary/aromatic N) is 2. The number of ether oxygens (including phenoxy) is 2. The molecule has 2 rings (SSSR count). The highest BCUT2D eigenvalue weighted by atomic mass is 16.5. The van der Waals surface area contributed by atoms with Gasteiger partial charge in [0.2, 0.25) is 0 Å². The molecule has 6 heteroatoms. The molecule has 0 saturated heterocycles. The number of hydrogen-bond acceptors (Lipinski definition) is 6. The lowest BCUT2D eigenvalue weighted by Crippen LogP contribution is -2.08. The molecule has 1 heterocycles. The number of para-hydroxylation sites is 1. The predicted molar refractivity (Wildman–Crippen MR) is 69.1 cm³/mol. The fourth-order valence-corrected chi connectivity index (χ4v) is 1.75. The van der Waals surface area contributed by atoms with E-state index in [2.05, 4.69) is 15.5 Å². The summed E-state index contributed by atoms with van der Waals surface area (Å²) in [5.41, 5.74) is 1.01. The minimum absolute atomic E-state index is 0.220. The van der Waals surface area contributed by atoms with E-state index in [4.69, 9.17) is 14.0 Å². The Labute approximate surface area is 111 Å². The van der Waals surface area contributed by atoms with Gasteiger partial charge in [0.25, 0.3) is 5.89 Å². The zero-order valence-electron chi connectivity index (χ0n) is 11.3. The Morgan fingerprint density at radius 2 is 2.21 bits per heavy atom. The van der Waals surface area contributed by atoms with Gasteiger partial charge < -0.3 is 19.3 Å². The van der Waals surface area contributed by atoms with Crippen molar-refractivity contribution in [3.63, 3.8) is 0 Å². The standard InChI is InChI=1S/C13H17N3O3/c1-9-15-12(19-16-9)8-18-13-10(7-14-2)5-4-6-11(13)17-3/h4-6,14H,7-8H2,1-3H3. The van der Waals surface area contributed by atoms with Crippen LogP contribution in [0.1, 0.15) is 17.3 Å². The minimum Gasteiger partial charge on any atom is -0.493 e.